The average Bonchev–Trinajstić information content (AvgIpc) is 2.35. The van der Waals surface area contributed by atoms with Crippen LogP contribution in [0.1, 0.15) is 36.9 Å². The molecule has 3 N–H and O–H groups in total. The molecule has 4 heteroatoms. The van der Waals surface area contributed by atoms with Crippen molar-refractivity contribution in [2.75, 3.05) is 13.7 Å². The Morgan fingerprint density at radius 1 is 1.39 bits per heavy atom. The van der Waals surface area contributed by atoms with E-state index in [1.54, 1.807) is 7.11 Å². The molecule has 0 spiro atoms. The molecule has 1 aromatic rings. The number of hydrogen-bond donors (Lipinski definition) is 2. The van der Waals surface area contributed by atoms with Crippen molar-refractivity contribution in [3.8, 4) is 0 Å². The van der Waals surface area contributed by atoms with Crippen molar-refractivity contribution in [1.29, 1.82) is 0 Å². The van der Waals surface area contributed by atoms with Gasteiger partial charge in [-0.05, 0) is 24.1 Å². The van der Waals surface area contributed by atoms with E-state index in [2.05, 4.69) is 12.2 Å². The van der Waals surface area contributed by atoms with Gasteiger partial charge in [0.05, 0.1) is 6.61 Å². The van der Waals surface area contributed by atoms with Gasteiger partial charge in [0, 0.05) is 19.6 Å². The van der Waals surface area contributed by atoms with Gasteiger partial charge in [-0.25, -0.2) is 0 Å². The second-order valence-corrected chi connectivity index (χ2v) is 4.35. The smallest absolute Gasteiger partial charge is 0.219 e. The van der Waals surface area contributed by atoms with Gasteiger partial charge >= 0.3 is 0 Å². The molecule has 1 unspecified atom stereocenters. The first-order valence-electron chi connectivity index (χ1n) is 6.26. The highest BCUT2D eigenvalue weighted by atomic mass is 16.5. The van der Waals surface area contributed by atoms with Gasteiger partial charge in [-0.2, -0.15) is 0 Å². The zero-order valence-corrected chi connectivity index (χ0v) is 11.1. The third kappa shape index (κ3) is 4.85. The molecule has 0 saturated heterocycles. The molecule has 0 aliphatic heterocycles. The maximum absolute atomic E-state index is 11.1. The van der Waals surface area contributed by atoms with Crippen molar-refractivity contribution in [2.45, 2.75) is 32.4 Å². The Labute approximate surface area is 109 Å². The summed E-state index contributed by atoms with van der Waals surface area (Å²) in [6, 6.07) is 8.06. The minimum atomic E-state index is -0.287. The monoisotopic (exact) mass is 250 g/mol. The van der Waals surface area contributed by atoms with Crippen LogP contribution < -0.4 is 11.1 Å². The Morgan fingerprint density at radius 2 is 2.06 bits per heavy atom. The number of amides is 1. The second-order valence-electron chi connectivity index (χ2n) is 4.35. The highest BCUT2D eigenvalue weighted by Gasteiger charge is 2.13. The van der Waals surface area contributed by atoms with Crippen LogP contribution in [0.2, 0.25) is 0 Å². The van der Waals surface area contributed by atoms with Crippen molar-refractivity contribution >= 4 is 5.91 Å². The predicted molar refractivity (Wildman–Crippen MR) is 72.0 cm³/mol. The van der Waals surface area contributed by atoms with Crippen molar-refractivity contribution in [3.63, 3.8) is 0 Å². The predicted octanol–water partition coefficient (Wildman–Crippen LogP) is 1.75. The fourth-order valence-corrected chi connectivity index (χ4v) is 1.84. The molecule has 0 saturated carbocycles. The van der Waals surface area contributed by atoms with Gasteiger partial charge in [0.25, 0.3) is 0 Å². The molecule has 18 heavy (non-hydrogen) atoms. The van der Waals surface area contributed by atoms with E-state index in [0.29, 0.717) is 13.0 Å². The molecule has 0 radical (unpaired) electrons. The van der Waals surface area contributed by atoms with Crippen LogP contribution in [-0.4, -0.2) is 19.6 Å². The van der Waals surface area contributed by atoms with Crippen LogP contribution in [0.3, 0.4) is 0 Å². The lowest BCUT2D eigenvalue weighted by molar-refractivity contribution is -0.118. The van der Waals surface area contributed by atoms with E-state index < -0.39 is 0 Å². The normalized spacial score (nSPS) is 12.3. The molecule has 1 atom stereocenters. The van der Waals surface area contributed by atoms with Gasteiger partial charge in [0.1, 0.15) is 0 Å². The third-order valence-corrected chi connectivity index (χ3v) is 2.74. The zero-order valence-electron chi connectivity index (χ0n) is 11.1. The lowest BCUT2D eigenvalue weighted by Gasteiger charge is -2.17. The van der Waals surface area contributed by atoms with Crippen LogP contribution >= 0.6 is 0 Å². The summed E-state index contributed by atoms with van der Waals surface area (Å²) in [5.74, 6) is -0.287. The fourth-order valence-electron chi connectivity index (χ4n) is 1.84. The number of hydrogen-bond acceptors (Lipinski definition) is 3. The third-order valence-electron chi connectivity index (χ3n) is 2.74. The van der Waals surface area contributed by atoms with Gasteiger partial charge < -0.3 is 15.8 Å². The van der Waals surface area contributed by atoms with Crippen molar-refractivity contribution < 1.29 is 9.53 Å². The molecule has 0 aliphatic carbocycles. The number of nitrogens with one attached hydrogen (secondary N) is 1. The number of carbonyl (C=O) groups excluding carboxylic acids is 1. The number of carbonyl (C=O) groups is 1. The molecule has 100 valence electrons. The van der Waals surface area contributed by atoms with Gasteiger partial charge in [-0.3, -0.25) is 4.79 Å². The van der Waals surface area contributed by atoms with Crippen molar-refractivity contribution in [2.24, 2.45) is 5.73 Å². The molecule has 0 heterocycles. The number of methoxy groups -OCH3 is 1. The summed E-state index contributed by atoms with van der Waals surface area (Å²) < 4.78 is 5.07. The van der Waals surface area contributed by atoms with E-state index in [1.165, 1.54) is 0 Å². The number of nitrogens with two attached hydrogens (primary N) is 1. The van der Waals surface area contributed by atoms with E-state index in [9.17, 15) is 4.79 Å². The Kier molecular flexibility index (Phi) is 6.39. The lowest BCUT2D eigenvalue weighted by Crippen LogP contribution is -2.27. The van der Waals surface area contributed by atoms with E-state index in [1.807, 2.05) is 24.3 Å². The minimum Gasteiger partial charge on any atom is -0.380 e. The molecule has 1 rings (SSSR count). The summed E-state index contributed by atoms with van der Waals surface area (Å²) in [7, 11) is 1.67. The summed E-state index contributed by atoms with van der Waals surface area (Å²) >= 11 is 0. The first-order valence-corrected chi connectivity index (χ1v) is 6.26. The van der Waals surface area contributed by atoms with E-state index in [-0.39, 0.29) is 11.9 Å². The summed E-state index contributed by atoms with van der Waals surface area (Å²) in [4.78, 5) is 11.1. The van der Waals surface area contributed by atoms with E-state index in [0.717, 1.165) is 24.1 Å². The topological polar surface area (TPSA) is 64.3 Å². The highest BCUT2D eigenvalue weighted by molar-refractivity contribution is 5.74. The Balaban J connectivity index is 2.73. The summed E-state index contributed by atoms with van der Waals surface area (Å²) in [5, 5.41) is 3.34. The maximum Gasteiger partial charge on any atom is 0.219 e. The van der Waals surface area contributed by atoms with Gasteiger partial charge in [0.15, 0.2) is 0 Å². The standard InChI is InChI=1S/C14H22N2O2/c1-3-8-16-13(9-14(15)17)12-6-4-11(5-7-12)10-18-2/h4-7,13,16H,3,8-10H2,1-2H3,(H2,15,17). The number of benzene rings is 1. The Morgan fingerprint density at radius 3 is 2.56 bits per heavy atom. The number of primary amides is 1. The van der Waals surface area contributed by atoms with Gasteiger partial charge in [0.2, 0.25) is 5.91 Å². The summed E-state index contributed by atoms with van der Waals surface area (Å²) in [6.07, 6.45) is 1.35. The van der Waals surface area contributed by atoms with E-state index in [4.69, 9.17) is 10.5 Å². The van der Waals surface area contributed by atoms with Crippen molar-refractivity contribution in [3.05, 3.63) is 35.4 Å². The number of ether oxygens (including phenoxy) is 1. The van der Waals surface area contributed by atoms with Gasteiger partial charge in [-0.15, -0.1) is 0 Å². The van der Waals surface area contributed by atoms with Gasteiger partial charge in [-0.1, -0.05) is 31.2 Å². The summed E-state index contributed by atoms with van der Waals surface area (Å²) in [5.41, 5.74) is 7.49. The molecular weight excluding hydrogens is 228 g/mol. The Hall–Kier alpha value is -1.39. The molecule has 0 aliphatic rings. The van der Waals surface area contributed by atoms with Crippen LogP contribution in [0.5, 0.6) is 0 Å². The average molecular weight is 250 g/mol. The molecule has 1 amide bonds. The van der Waals surface area contributed by atoms with Crippen LogP contribution in [0.15, 0.2) is 24.3 Å². The minimum absolute atomic E-state index is 0.000884. The first kappa shape index (κ1) is 14.7. The fraction of sp³-hybridized carbons (Fsp3) is 0.500. The SMILES string of the molecule is CCCNC(CC(N)=O)c1ccc(COC)cc1. The summed E-state index contributed by atoms with van der Waals surface area (Å²) in [6.45, 7) is 3.57. The van der Waals surface area contributed by atoms with Crippen molar-refractivity contribution in [1.82, 2.24) is 5.32 Å². The molecule has 1 aromatic carbocycles. The quantitative estimate of drug-likeness (QED) is 0.738. The maximum atomic E-state index is 11.1. The molecule has 4 nitrogen and oxygen atoms in total. The Bertz CT molecular complexity index is 363. The molecule has 0 fully saturated rings. The largest absolute Gasteiger partial charge is 0.380 e. The highest BCUT2D eigenvalue weighted by Crippen LogP contribution is 2.17. The van der Waals surface area contributed by atoms with Crippen LogP contribution in [0, 0.1) is 0 Å². The molecule has 0 bridgehead atoms. The lowest BCUT2D eigenvalue weighted by atomic mass is 10.0. The zero-order chi connectivity index (χ0) is 13.4. The van der Waals surface area contributed by atoms with Crippen LogP contribution in [0.25, 0.3) is 0 Å². The van der Waals surface area contributed by atoms with Crippen LogP contribution in [0.4, 0.5) is 0 Å². The molecular formula is C14H22N2O2. The van der Waals surface area contributed by atoms with E-state index >= 15 is 0 Å². The van der Waals surface area contributed by atoms with Crippen LogP contribution in [-0.2, 0) is 16.1 Å². The second kappa shape index (κ2) is 7.84. The number of rotatable bonds is 8. The first-order chi connectivity index (χ1) is 8.67. The molecule has 0 aromatic heterocycles.